The van der Waals surface area contributed by atoms with Gasteiger partial charge in [-0.25, -0.2) is 8.42 Å². The van der Waals surface area contributed by atoms with Gasteiger partial charge in [0.05, 0.1) is 18.8 Å². The molecule has 0 aliphatic rings. The normalized spacial score (nSPS) is 11.0. The molecule has 1 aromatic rings. The van der Waals surface area contributed by atoms with Crippen molar-refractivity contribution in [3.63, 3.8) is 0 Å². The Balaban J connectivity index is 3.21. The maximum absolute atomic E-state index is 11.6. The number of hydrogen-bond donors (Lipinski definition) is 2. The first kappa shape index (κ1) is 14.3. The predicted molar refractivity (Wildman–Crippen MR) is 68.4 cm³/mol. The third kappa shape index (κ3) is 3.63. The number of primary amides is 1. The van der Waals surface area contributed by atoms with Crippen molar-refractivity contribution in [3.8, 4) is 5.75 Å². The Labute approximate surface area is 106 Å². The van der Waals surface area contributed by atoms with Gasteiger partial charge in [-0.3, -0.25) is 4.79 Å². The van der Waals surface area contributed by atoms with Gasteiger partial charge in [-0.05, 0) is 19.1 Å². The summed E-state index contributed by atoms with van der Waals surface area (Å²) < 4.78 is 28.6. The fourth-order valence-electron chi connectivity index (χ4n) is 1.42. The van der Waals surface area contributed by atoms with Crippen LogP contribution < -0.4 is 15.8 Å². The molecule has 0 fully saturated rings. The molecule has 6 nitrogen and oxygen atoms in total. The Bertz CT molecular complexity index is 540. The van der Waals surface area contributed by atoms with Crippen molar-refractivity contribution in [2.24, 2.45) is 5.73 Å². The van der Waals surface area contributed by atoms with Crippen LogP contribution in [0.4, 0.5) is 5.69 Å². The van der Waals surface area contributed by atoms with Gasteiger partial charge in [0.15, 0.2) is 15.6 Å². The van der Waals surface area contributed by atoms with Gasteiger partial charge in [-0.1, -0.05) is 6.07 Å². The molecule has 0 spiro atoms. The van der Waals surface area contributed by atoms with Gasteiger partial charge in [0.25, 0.3) is 0 Å². The molecular formula is C11H16N2O4S. The second-order valence-electron chi connectivity index (χ2n) is 3.66. The summed E-state index contributed by atoms with van der Waals surface area (Å²) in [6.45, 7) is 1.97. The monoisotopic (exact) mass is 272 g/mol. The van der Waals surface area contributed by atoms with Gasteiger partial charge < -0.3 is 15.8 Å². The molecular weight excluding hydrogens is 256 g/mol. The molecule has 100 valence electrons. The summed E-state index contributed by atoms with van der Waals surface area (Å²) in [5.74, 6) is -0.328. The Morgan fingerprint density at radius 1 is 1.44 bits per heavy atom. The van der Waals surface area contributed by atoms with E-state index in [4.69, 9.17) is 10.5 Å². The van der Waals surface area contributed by atoms with Crippen molar-refractivity contribution in [2.75, 3.05) is 24.7 Å². The summed E-state index contributed by atoms with van der Waals surface area (Å²) in [7, 11) is -3.40. The van der Waals surface area contributed by atoms with Crippen LogP contribution in [0.15, 0.2) is 23.1 Å². The minimum atomic E-state index is -3.40. The summed E-state index contributed by atoms with van der Waals surface area (Å²) in [5.41, 5.74) is 5.46. The number of benzene rings is 1. The van der Waals surface area contributed by atoms with Crippen molar-refractivity contribution in [1.29, 1.82) is 0 Å². The molecule has 0 saturated carbocycles. The number of para-hydroxylation sites is 1. The van der Waals surface area contributed by atoms with Gasteiger partial charge in [-0.2, -0.15) is 0 Å². The number of carbonyl (C=O) groups is 1. The topological polar surface area (TPSA) is 98.5 Å². The lowest BCUT2D eigenvalue weighted by Gasteiger charge is -2.14. The van der Waals surface area contributed by atoms with E-state index in [1.165, 1.54) is 6.07 Å². The van der Waals surface area contributed by atoms with Crippen LogP contribution in [0.1, 0.15) is 6.92 Å². The van der Waals surface area contributed by atoms with E-state index >= 15 is 0 Å². The molecule has 1 amide bonds. The van der Waals surface area contributed by atoms with E-state index in [1.54, 1.807) is 19.1 Å². The van der Waals surface area contributed by atoms with Crippen molar-refractivity contribution < 1.29 is 17.9 Å². The molecule has 0 bridgehead atoms. The Morgan fingerprint density at radius 2 is 2.11 bits per heavy atom. The number of sulfone groups is 1. The molecule has 1 rings (SSSR count). The molecule has 7 heteroatoms. The van der Waals surface area contributed by atoms with E-state index in [0.717, 1.165) is 6.26 Å². The minimum absolute atomic E-state index is 0.0822. The average molecular weight is 272 g/mol. The smallest absolute Gasteiger partial charge is 0.236 e. The molecule has 0 aliphatic heterocycles. The van der Waals surface area contributed by atoms with E-state index in [1.807, 2.05) is 0 Å². The third-order valence-electron chi connectivity index (χ3n) is 2.12. The Morgan fingerprint density at radius 3 is 2.61 bits per heavy atom. The predicted octanol–water partition coefficient (Wildman–Crippen LogP) is 0.386. The second-order valence-corrected chi connectivity index (χ2v) is 5.64. The lowest BCUT2D eigenvalue weighted by atomic mass is 10.3. The first-order valence-corrected chi connectivity index (χ1v) is 7.23. The molecule has 0 radical (unpaired) electrons. The number of anilines is 1. The van der Waals surface area contributed by atoms with Gasteiger partial charge in [-0.15, -0.1) is 0 Å². The Hall–Kier alpha value is -1.76. The molecule has 0 aliphatic carbocycles. The van der Waals surface area contributed by atoms with E-state index in [2.05, 4.69) is 5.32 Å². The van der Waals surface area contributed by atoms with Crippen LogP contribution in [0.2, 0.25) is 0 Å². The summed E-state index contributed by atoms with van der Waals surface area (Å²) in [4.78, 5) is 10.8. The van der Waals surface area contributed by atoms with Crippen LogP contribution in [0.3, 0.4) is 0 Å². The molecule has 0 atom stereocenters. The van der Waals surface area contributed by atoms with E-state index in [9.17, 15) is 13.2 Å². The highest BCUT2D eigenvalue weighted by Gasteiger charge is 2.17. The third-order valence-corrected chi connectivity index (χ3v) is 3.24. The molecule has 18 heavy (non-hydrogen) atoms. The van der Waals surface area contributed by atoms with Crippen molar-refractivity contribution in [2.45, 2.75) is 11.8 Å². The molecule has 0 aromatic heterocycles. The van der Waals surface area contributed by atoms with Crippen LogP contribution in [0, 0.1) is 0 Å². The zero-order chi connectivity index (χ0) is 13.8. The fourth-order valence-corrected chi connectivity index (χ4v) is 2.25. The first-order valence-electron chi connectivity index (χ1n) is 5.34. The number of rotatable bonds is 6. The van der Waals surface area contributed by atoms with Crippen molar-refractivity contribution in [3.05, 3.63) is 18.2 Å². The molecule has 0 saturated heterocycles. The number of nitrogens with one attached hydrogen (secondary N) is 1. The van der Waals surface area contributed by atoms with Crippen LogP contribution >= 0.6 is 0 Å². The zero-order valence-corrected chi connectivity index (χ0v) is 11.1. The maximum Gasteiger partial charge on any atom is 0.236 e. The highest BCUT2D eigenvalue weighted by Crippen LogP contribution is 2.32. The lowest BCUT2D eigenvalue weighted by molar-refractivity contribution is -0.116. The van der Waals surface area contributed by atoms with Gasteiger partial charge >= 0.3 is 0 Å². The summed E-state index contributed by atoms with van der Waals surface area (Å²) in [6.07, 6.45) is 1.10. The largest absolute Gasteiger partial charge is 0.490 e. The molecule has 0 heterocycles. The van der Waals surface area contributed by atoms with Crippen LogP contribution in [-0.4, -0.2) is 33.7 Å². The number of hydrogen-bond acceptors (Lipinski definition) is 5. The number of carbonyl (C=O) groups excluding carboxylic acids is 1. The maximum atomic E-state index is 11.6. The van der Waals surface area contributed by atoms with Crippen LogP contribution in [-0.2, 0) is 14.6 Å². The number of nitrogens with two attached hydrogens (primary N) is 1. The minimum Gasteiger partial charge on any atom is -0.490 e. The fraction of sp³-hybridized carbons (Fsp3) is 0.364. The standard InChI is InChI=1S/C11H16N2O4S/c1-3-17-11-8(13-7-10(12)14)5-4-6-9(11)18(2,15)16/h4-6,13H,3,7H2,1-2H3,(H2,12,14). The van der Waals surface area contributed by atoms with Gasteiger partial charge in [0.1, 0.15) is 4.90 Å². The van der Waals surface area contributed by atoms with E-state index < -0.39 is 15.7 Å². The van der Waals surface area contributed by atoms with Crippen molar-refractivity contribution in [1.82, 2.24) is 0 Å². The Kier molecular flexibility index (Phi) is 4.55. The second kappa shape index (κ2) is 5.72. The van der Waals surface area contributed by atoms with Gasteiger partial charge in [0, 0.05) is 6.26 Å². The molecule has 1 aromatic carbocycles. The summed E-state index contributed by atoms with van der Waals surface area (Å²) in [6, 6.07) is 4.65. The number of amides is 1. The summed E-state index contributed by atoms with van der Waals surface area (Å²) >= 11 is 0. The van der Waals surface area contributed by atoms with Crippen LogP contribution in [0.5, 0.6) is 5.75 Å². The molecule has 3 N–H and O–H groups in total. The van der Waals surface area contributed by atoms with Crippen molar-refractivity contribution >= 4 is 21.4 Å². The van der Waals surface area contributed by atoms with Crippen LogP contribution in [0.25, 0.3) is 0 Å². The molecule has 0 unspecified atom stereocenters. The zero-order valence-electron chi connectivity index (χ0n) is 10.3. The highest BCUT2D eigenvalue weighted by molar-refractivity contribution is 7.90. The lowest BCUT2D eigenvalue weighted by Crippen LogP contribution is -2.22. The number of ether oxygens (including phenoxy) is 1. The first-order chi connectivity index (χ1) is 8.36. The highest BCUT2D eigenvalue weighted by atomic mass is 32.2. The average Bonchev–Trinajstić information content (AvgIpc) is 2.26. The quantitative estimate of drug-likeness (QED) is 0.780. The van der Waals surface area contributed by atoms with Gasteiger partial charge in [0.2, 0.25) is 5.91 Å². The van der Waals surface area contributed by atoms with E-state index in [-0.39, 0.29) is 17.2 Å². The summed E-state index contributed by atoms with van der Waals surface area (Å²) in [5, 5.41) is 2.75. The SMILES string of the molecule is CCOc1c(NCC(N)=O)cccc1S(C)(=O)=O. The van der Waals surface area contributed by atoms with E-state index in [0.29, 0.717) is 12.3 Å².